The lowest BCUT2D eigenvalue weighted by Crippen LogP contribution is -2.42. The molecule has 1 saturated carbocycles. The number of hydrogen-bond acceptors (Lipinski definition) is 3. The maximum atomic E-state index is 12.3. The van der Waals surface area contributed by atoms with Crippen molar-refractivity contribution in [2.24, 2.45) is 23.7 Å². The Labute approximate surface area is 111 Å². The van der Waals surface area contributed by atoms with Crippen molar-refractivity contribution < 1.29 is 14.7 Å². The molecule has 4 heteroatoms. The molecule has 1 amide bonds. The zero-order valence-corrected chi connectivity index (χ0v) is 10.3. The van der Waals surface area contributed by atoms with Crippen LogP contribution in [-0.4, -0.2) is 11.9 Å². The van der Waals surface area contributed by atoms with Crippen molar-refractivity contribution in [3.8, 4) is 0 Å². The molecule has 2 aliphatic rings. The third kappa shape index (κ3) is 2.03. The van der Waals surface area contributed by atoms with E-state index in [1.165, 1.54) is 0 Å². The number of carbonyl (C=O) groups is 2. The van der Waals surface area contributed by atoms with Gasteiger partial charge in [-0.05, 0) is 30.4 Å². The van der Waals surface area contributed by atoms with Crippen LogP contribution in [0, 0.1) is 23.7 Å². The summed E-state index contributed by atoms with van der Waals surface area (Å²) in [4.78, 5) is 23.5. The number of rotatable bonds is 3. The number of para-hydroxylation sites is 1. The van der Waals surface area contributed by atoms with E-state index in [4.69, 9.17) is 0 Å². The second-order valence-electron chi connectivity index (χ2n) is 5.17. The lowest BCUT2D eigenvalue weighted by Gasteiger charge is -2.27. The van der Waals surface area contributed by atoms with E-state index in [0.717, 1.165) is 6.42 Å². The first-order chi connectivity index (χ1) is 9.16. The Hall–Kier alpha value is -2.10. The van der Waals surface area contributed by atoms with Gasteiger partial charge in [0.2, 0.25) is 5.91 Å². The minimum atomic E-state index is -1.12. The molecule has 0 aromatic heterocycles. The number of benzene rings is 1. The maximum absolute atomic E-state index is 12.3. The minimum absolute atomic E-state index is 0.0246. The number of nitrogens with one attached hydrogen (secondary N) is 1. The number of amides is 1. The predicted molar refractivity (Wildman–Crippen MR) is 67.8 cm³/mol. The molecule has 4 atom stereocenters. The molecule has 0 unspecified atom stereocenters. The SMILES string of the molecule is O=C(Nc1ccccc1)[C@H]1[C@H](C(=O)[O-])[C@H]2C=C[C@@H]1C2. The molecule has 0 spiro atoms. The van der Waals surface area contributed by atoms with Gasteiger partial charge in [0.25, 0.3) is 0 Å². The Morgan fingerprint density at radius 2 is 1.68 bits per heavy atom. The van der Waals surface area contributed by atoms with Crippen molar-refractivity contribution in [3.05, 3.63) is 42.5 Å². The summed E-state index contributed by atoms with van der Waals surface area (Å²) in [6.07, 6.45) is 4.60. The van der Waals surface area contributed by atoms with Gasteiger partial charge in [0.1, 0.15) is 0 Å². The smallest absolute Gasteiger partial charge is 0.228 e. The first kappa shape index (κ1) is 12.0. The van der Waals surface area contributed by atoms with E-state index in [9.17, 15) is 14.7 Å². The molecular formula is C15H14NO3-. The van der Waals surface area contributed by atoms with Crippen molar-refractivity contribution >= 4 is 17.6 Å². The van der Waals surface area contributed by atoms with Gasteiger partial charge in [-0.25, -0.2) is 0 Å². The molecule has 2 bridgehead atoms. The average molecular weight is 256 g/mol. The number of allylic oxidation sites excluding steroid dienone is 2. The Kier molecular flexibility index (Phi) is 2.85. The van der Waals surface area contributed by atoms with E-state index < -0.39 is 17.8 Å². The highest BCUT2D eigenvalue weighted by molar-refractivity contribution is 5.96. The molecule has 1 fully saturated rings. The molecule has 1 aromatic carbocycles. The standard InChI is InChI=1S/C15H15NO3/c17-14(16-11-4-2-1-3-5-11)12-9-6-7-10(8-9)13(12)15(18)19/h1-7,9-10,12-13H,8H2,(H,16,17)(H,18,19)/p-1/t9-,10+,12-,13-/m1/s1. The van der Waals surface area contributed by atoms with Crippen LogP contribution in [0.4, 0.5) is 5.69 Å². The predicted octanol–water partition coefficient (Wildman–Crippen LogP) is 0.813. The maximum Gasteiger partial charge on any atom is 0.228 e. The Morgan fingerprint density at radius 1 is 1.05 bits per heavy atom. The molecule has 0 radical (unpaired) electrons. The highest BCUT2D eigenvalue weighted by Gasteiger charge is 2.48. The summed E-state index contributed by atoms with van der Waals surface area (Å²) in [5, 5.41) is 14.0. The quantitative estimate of drug-likeness (QED) is 0.814. The number of aliphatic carboxylic acids is 1. The first-order valence-electron chi connectivity index (χ1n) is 6.42. The van der Waals surface area contributed by atoms with Crippen LogP contribution in [0.1, 0.15) is 6.42 Å². The zero-order chi connectivity index (χ0) is 13.4. The highest BCUT2D eigenvalue weighted by atomic mass is 16.4. The van der Waals surface area contributed by atoms with E-state index in [1.54, 1.807) is 12.1 Å². The fraction of sp³-hybridized carbons (Fsp3) is 0.333. The normalized spacial score (nSPS) is 31.4. The molecule has 2 aliphatic carbocycles. The number of fused-ring (bicyclic) bond motifs is 2. The van der Waals surface area contributed by atoms with Gasteiger partial charge in [-0.15, -0.1) is 0 Å². The summed E-state index contributed by atoms with van der Waals surface area (Å²) in [6, 6.07) is 9.09. The third-order valence-corrected chi connectivity index (χ3v) is 4.08. The van der Waals surface area contributed by atoms with Crippen LogP contribution in [0.2, 0.25) is 0 Å². The van der Waals surface area contributed by atoms with Crippen molar-refractivity contribution in [3.63, 3.8) is 0 Å². The van der Waals surface area contributed by atoms with Crippen LogP contribution in [0.3, 0.4) is 0 Å². The van der Waals surface area contributed by atoms with E-state index >= 15 is 0 Å². The Morgan fingerprint density at radius 3 is 2.32 bits per heavy atom. The lowest BCUT2D eigenvalue weighted by molar-refractivity contribution is -0.313. The second-order valence-corrected chi connectivity index (χ2v) is 5.17. The second kappa shape index (κ2) is 4.53. The van der Waals surface area contributed by atoms with Crippen LogP contribution in [0.5, 0.6) is 0 Å². The summed E-state index contributed by atoms with van der Waals surface area (Å²) < 4.78 is 0. The number of carboxylic acids is 1. The van der Waals surface area contributed by atoms with Crippen LogP contribution in [0.15, 0.2) is 42.5 Å². The lowest BCUT2D eigenvalue weighted by atomic mass is 9.82. The average Bonchev–Trinajstić information content (AvgIpc) is 2.99. The zero-order valence-electron chi connectivity index (χ0n) is 10.3. The van der Waals surface area contributed by atoms with Gasteiger partial charge in [0.15, 0.2) is 0 Å². The highest BCUT2D eigenvalue weighted by Crippen LogP contribution is 2.48. The Bertz CT molecular complexity index is 538. The molecule has 0 heterocycles. The van der Waals surface area contributed by atoms with E-state index in [-0.39, 0.29) is 17.7 Å². The van der Waals surface area contributed by atoms with Crippen LogP contribution in [0.25, 0.3) is 0 Å². The number of carboxylic acid groups (broad SMARTS) is 1. The molecule has 19 heavy (non-hydrogen) atoms. The number of anilines is 1. The van der Waals surface area contributed by atoms with Gasteiger partial charge in [0.05, 0.1) is 5.92 Å². The number of hydrogen-bond donors (Lipinski definition) is 1. The summed E-state index contributed by atoms with van der Waals surface area (Å²) in [5.41, 5.74) is 0.691. The molecule has 0 aliphatic heterocycles. The number of carbonyl (C=O) groups excluding carboxylic acids is 2. The minimum Gasteiger partial charge on any atom is -0.550 e. The van der Waals surface area contributed by atoms with E-state index in [1.807, 2.05) is 30.4 Å². The molecule has 3 rings (SSSR count). The summed E-state index contributed by atoms with van der Waals surface area (Å²) in [6.45, 7) is 0. The fourth-order valence-electron chi connectivity index (χ4n) is 3.25. The topological polar surface area (TPSA) is 69.2 Å². The van der Waals surface area contributed by atoms with Crippen LogP contribution < -0.4 is 10.4 Å². The van der Waals surface area contributed by atoms with Gasteiger partial charge >= 0.3 is 0 Å². The Balaban J connectivity index is 1.79. The third-order valence-electron chi connectivity index (χ3n) is 4.08. The van der Waals surface area contributed by atoms with Crippen molar-refractivity contribution in [1.82, 2.24) is 0 Å². The van der Waals surface area contributed by atoms with Gasteiger partial charge in [0, 0.05) is 17.6 Å². The van der Waals surface area contributed by atoms with Crippen molar-refractivity contribution in [1.29, 1.82) is 0 Å². The largest absolute Gasteiger partial charge is 0.550 e. The summed E-state index contributed by atoms with van der Waals surface area (Å²) in [5.74, 6) is -2.58. The molecule has 1 aromatic rings. The summed E-state index contributed by atoms with van der Waals surface area (Å²) >= 11 is 0. The van der Waals surface area contributed by atoms with Crippen LogP contribution in [-0.2, 0) is 9.59 Å². The first-order valence-corrected chi connectivity index (χ1v) is 6.42. The molecular weight excluding hydrogens is 242 g/mol. The molecule has 98 valence electrons. The van der Waals surface area contributed by atoms with Crippen molar-refractivity contribution in [2.45, 2.75) is 6.42 Å². The van der Waals surface area contributed by atoms with Gasteiger partial charge in [-0.2, -0.15) is 0 Å². The molecule has 4 nitrogen and oxygen atoms in total. The van der Waals surface area contributed by atoms with Gasteiger partial charge < -0.3 is 15.2 Å². The van der Waals surface area contributed by atoms with E-state index in [2.05, 4.69) is 5.32 Å². The fourth-order valence-corrected chi connectivity index (χ4v) is 3.25. The summed E-state index contributed by atoms with van der Waals surface area (Å²) in [7, 11) is 0. The molecule has 1 N–H and O–H groups in total. The van der Waals surface area contributed by atoms with Crippen molar-refractivity contribution in [2.75, 3.05) is 5.32 Å². The van der Waals surface area contributed by atoms with Gasteiger partial charge in [-0.1, -0.05) is 30.4 Å². The molecule has 0 saturated heterocycles. The van der Waals surface area contributed by atoms with E-state index in [0.29, 0.717) is 5.69 Å². The van der Waals surface area contributed by atoms with Crippen LogP contribution >= 0.6 is 0 Å². The van der Waals surface area contributed by atoms with Gasteiger partial charge in [-0.3, -0.25) is 4.79 Å². The monoisotopic (exact) mass is 256 g/mol.